The number of nitrogens with zero attached hydrogens (tertiary/aromatic N) is 3. The van der Waals surface area contributed by atoms with Crippen molar-refractivity contribution < 1.29 is 9.13 Å². The highest BCUT2D eigenvalue weighted by atomic mass is 19.1. The minimum atomic E-state index is -0.124. The van der Waals surface area contributed by atoms with Crippen LogP contribution in [0.15, 0.2) is 48.5 Å². The number of likely N-dealkylation sites (tertiary alicyclic amines) is 1. The van der Waals surface area contributed by atoms with Gasteiger partial charge in [-0.15, -0.1) is 0 Å². The van der Waals surface area contributed by atoms with Crippen molar-refractivity contribution in [3.63, 3.8) is 0 Å². The van der Waals surface area contributed by atoms with Gasteiger partial charge >= 0.3 is 0 Å². The highest BCUT2D eigenvalue weighted by molar-refractivity contribution is 5.27. The smallest absolute Gasteiger partial charge is 0.123 e. The summed E-state index contributed by atoms with van der Waals surface area (Å²) in [6.45, 7) is 8.67. The number of benzene rings is 2. The molecule has 2 atom stereocenters. The number of piperazine rings is 1. The highest BCUT2D eigenvalue weighted by Gasteiger charge is 2.36. The Hall–Kier alpha value is -1.95. The Morgan fingerprint density at radius 2 is 1.77 bits per heavy atom. The Morgan fingerprint density at radius 3 is 2.42 bits per heavy atom. The number of ether oxygens (including phenoxy) is 1. The van der Waals surface area contributed by atoms with E-state index >= 15 is 0 Å². The summed E-state index contributed by atoms with van der Waals surface area (Å²) >= 11 is 0. The second-order valence-electron chi connectivity index (χ2n) is 9.31. The Bertz CT molecular complexity index is 835. The van der Waals surface area contributed by atoms with Gasteiger partial charge in [0.15, 0.2) is 0 Å². The SMILES string of the molecule is COc1ccc(CN2CCC([C@H](c3cccc(F)c3)N3CCN(C)C[C@@H]3C)CC2)cc1. The molecule has 0 aromatic heterocycles. The average Bonchev–Trinajstić information content (AvgIpc) is 2.77. The van der Waals surface area contributed by atoms with E-state index in [1.807, 2.05) is 18.2 Å². The zero-order valence-electron chi connectivity index (χ0n) is 19.1. The topological polar surface area (TPSA) is 19.0 Å². The molecule has 2 aromatic rings. The lowest BCUT2D eigenvalue weighted by molar-refractivity contribution is 0.0160. The van der Waals surface area contributed by atoms with Gasteiger partial charge in [-0.2, -0.15) is 0 Å². The first-order valence-electron chi connectivity index (χ1n) is 11.6. The maximum absolute atomic E-state index is 14.1. The van der Waals surface area contributed by atoms with Gasteiger partial charge in [0.2, 0.25) is 0 Å². The van der Waals surface area contributed by atoms with E-state index in [1.54, 1.807) is 19.2 Å². The van der Waals surface area contributed by atoms with Gasteiger partial charge in [-0.05, 0) is 81.2 Å². The van der Waals surface area contributed by atoms with Gasteiger partial charge in [0.05, 0.1) is 7.11 Å². The molecule has 5 heteroatoms. The number of hydrogen-bond acceptors (Lipinski definition) is 4. The number of rotatable bonds is 6. The fraction of sp³-hybridized carbons (Fsp3) is 0.538. The standard InChI is InChI=1S/C26H36FN3O/c1-20-18-28(2)15-16-30(20)26(23-5-4-6-24(27)17-23)22-11-13-29(14-12-22)19-21-7-9-25(31-3)10-8-21/h4-10,17,20,22,26H,11-16,18-19H2,1-3H3/t20-,26+/m0/s1. The molecule has 0 bridgehead atoms. The van der Waals surface area contributed by atoms with Crippen LogP contribution in [-0.4, -0.2) is 67.6 Å². The lowest BCUT2D eigenvalue weighted by Gasteiger charge is -2.47. The third-order valence-electron chi connectivity index (χ3n) is 7.07. The van der Waals surface area contributed by atoms with Crippen molar-refractivity contribution in [2.45, 2.75) is 38.4 Å². The molecule has 0 amide bonds. The maximum Gasteiger partial charge on any atom is 0.123 e. The van der Waals surface area contributed by atoms with Crippen LogP contribution in [0.2, 0.25) is 0 Å². The van der Waals surface area contributed by atoms with Gasteiger partial charge < -0.3 is 9.64 Å². The molecule has 0 N–H and O–H groups in total. The monoisotopic (exact) mass is 425 g/mol. The molecule has 2 aromatic carbocycles. The summed E-state index contributed by atoms with van der Waals surface area (Å²) in [6, 6.07) is 16.5. The van der Waals surface area contributed by atoms with Crippen LogP contribution in [0, 0.1) is 11.7 Å². The van der Waals surface area contributed by atoms with Crippen LogP contribution in [0.25, 0.3) is 0 Å². The van der Waals surface area contributed by atoms with Crippen molar-refractivity contribution in [1.29, 1.82) is 0 Å². The van der Waals surface area contributed by atoms with E-state index in [2.05, 4.69) is 46.9 Å². The van der Waals surface area contributed by atoms with Gasteiger partial charge in [0, 0.05) is 38.3 Å². The quantitative estimate of drug-likeness (QED) is 0.682. The summed E-state index contributed by atoms with van der Waals surface area (Å²) in [6.07, 6.45) is 2.30. The largest absolute Gasteiger partial charge is 0.497 e. The summed E-state index contributed by atoms with van der Waals surface area (Å²) in [5.41, 5.74) is 2.47. The van der Waals surface area contributed by atoms with Crippen molar-refractivity contribution in [2.24, 2.45) is 5.92 Å². The first kappa shape index (κ1) is 22.3. The van der Waals surface area contributed by atoms with E-state index in [9.17, 15) is 4.39 Å². The maximum atomic E-state index is 14.1. The summed E-state index contributed by atoms with van der Waals surface area (Å²) in [4.78, 5) is 7.59. The fourth-order valence-electron chi connectivity index (χ4n) is 5.41. The average molecular weight is 426 g/mol. The molecule has 4 nitrogen and oxygen atoms in total. The number of halogens is 1. The molecule has 0 aliphatic carbocycles. The Morgan fingerprint density at radius 1 is 1.03 bits per heavy atom. The van der Waals surface area contributed by atoms with Crippen molar-refractivity contribution in [3.8, 4) is 5.75 Å². The minimum absolute atomic E-state index is 0.124. The number of likely N-dealkylation sites (N-methyl/N-ethyl adjacent to an activating group) is 1. The van der Waals surface area contributed by atoms with Crippen LogP contribution in [0.1, 0.15) is 36.9 Å². The molecule has 0 unspecified atom stereocenters. The van der Waals surface area contributed by atoms with Crippen molar-refractivity contribution in [3.05, 3.63) is 65.5 Å². The molecule has 0 saturated carbocycles. The molecule has 2 aliphatic heterocycles. The predicted octanol–water partition coefficient (Wildman–Crippen LogP) is 4.42. The van der Waals surface area contributed by atoms with Gasteiger partial charge in [0.25, 0.3) is 0 Å². The van der Waals surface area contributed by atoms with Crippen LogP contribution >= 0.6 is 0 Å². The number of piperidine rings is 1. The molecule has 2 heterocycles. The zero-order valence-corrected chi connectivity index (χ0v) is 19.1. The van der Waals surface area contributed by atoms with Gasteiger partial charge in [-0.25, -0.2) is 4.39 Å². The third-order valence-corrected chi connectivity index (χ3v) is 7.07. The van der Waals surface area contributed by atoms with Crippen molar-refractivity contribution >= 4 is 0 Å². The van der Waals surface area contributed by atoms with Crippen LogP contribution in [0.4, 0.5) is 4.39 Å². The van der Waals surface area contributed by atoms with E-state index in [0.717, 1.165) is 63.4 Å². The van der Waals surface area contributed by atoms with E-state index in [0.29, 0.717) is 18.0 Å². The molecule has 2 aliphatic rings. The Balaban J connectivity index is 1.45. The third kappa shape index (κ3) is 5.46. The fourth-order valence-corrected chi connectivity index (χ4v) is 5.41. The second-order valence-corrected chi connectivity index (χ2v) is 9.31. The summed E-state index contributed by atoms with van der Waals surface area (Å²) < 4.78 is 19.4. The first-order valence-corrected chi connectivity index (χ1v) is 11.6. The van der Waals surface area contributed by atoms with E-state index < -0.39 is 0 Å². The summed E-state index contributed by atoms with van der Waals surface area (Å²) in [5, 5.41) is 0. The molecule has 2 saturated heterocycles. The van der Waals surface area contributed by atoms with Gasteiger partial charge in [-0.3, -0.25) is 9.80 Å². The molecule has 0 spiro atoms. The minimum Gasteiger partial charge on any atom is -0.497 e. The molecular formula is C26H36FN3O. The van der Waals surface area contributed by atoms with E-state index in [4.69, 9.17) is 4.74 Å². The van der Waals surface area contributed by atoms with Crippen LogP contribution in [0.3, 0.4) is 0 Å². The lowest BCUT2D eigenvalue weighted by Crippen LogP contribution is -2.53. The molecular weight excluding hydrogens is 389 g/mol. The zero-order chi connectivity index (χ0) is 21.8. The van der Waals surface area contributed by atoms with Crippen LogP contribution < -0.4 is 4.74 Å². The van der Waals surface area contributed by atoms with Crippen LogP contribution in [-0.2, 0) is 6.54 Å². The highest BCUT2D eigenvalue weighted by Crippen LogP contribution is 2.38. The van der Waals surface area contributed by atoms with Gasteiger partial charge in [0.1, 0.15) is 11.6 Å². The van der Waals surface area contributed by atoms with Gasteiger partial charge in [-0.1, -0.05) is 24.3 Å². The summed E-state index contributed by atoms with van der Waals surface area (Å²) in [7, 11) is 3.90. The second kappa shape index (κ2) is 10.1. The number of hydrogen-bond donors (Lipinski definition) is 0. The summed E-state index contributed by atoms with van der Waals surface area (Å²) in [5.74, 6) is 1.34. The Kier molecular flexibility index (Phi) is 7.26. The first-order chi connectivity index (χ1) is 15.0. The molecule has 31 heavy (non-hydrogen) atoms. The van der Waals surface area contributed by atoms with Crippen LogP contribution in [0.5, 0.6) is 5.75 Å². The molecule has 0 radical (unpaired) electrons. The normalized spacial score (nSPS) is 23.0. The Labute approximate surface area is 186 Å². The van der Waals surface area contributed by atoms with E-state index in [1.165, 1.54) is 5.56 Å². The molecule has 4 rings (SSSR count). The molecule has 2 fully saturated rings. The van der Waals surface area contributed by atoms with Crippen molar-refractivity contribution in [2.75, 3.05) is 46.9 Å². The van der Waals surface area contributed by atoms with E-state index in [-0.39, 0.29) is 5.82 Å². The molecule has 168 valence electrons. The lowest BCUT2D eigenvalue weighted by atomic mass is 9.83. The predicted molar refractivity (Wildman–Crippen MR) is 124 cm³/mol. The van der Waals surface area contributed by atoms with Crippen molar-refractivity contribution in [1.82, 2.24) is 14.7 Å². The number of methoxy groups -OCH3 is 1.